The maximum absolute atomic E-state index is 11.0. The lowest BCUT2D eigenvalue weighted by Gasteiger charge is -2.12. The van der Waals surface area contributed by atoms with Crippen LogP contribution >= 0.6 is 0 Å². The van der Waals surface area contributed by atoms with Crippen molar-refractivity contribution in [2.75, 3.05) is 17.5 Å². The van der Waals surface area contributed by atoms with E-state index in [2.05, 4.69) is 4.72 Å². The predicted molar refractivity (Wildman–Crippen MR) is 64.1 cm³/mol. The Kier molecular flexibility index (Phi) is 4.14. The molecule has 1 atom stereocenters. The maximum atomic E-state index is 11.0. The minimum atomic E-state index is -3.23. The molecule has 0 aliphatic heterocycles. The van der Waals surface area contributed by atoms with Crippen LogP contribution in [0.25, 0.3) is 0 Å². The molecule has 16 heavy (non-hydrogen) atoms. The lowest BCUT2D eigenvalue weighted by atomic mass is 10.3. The predicted octanol–water partition coefficient (Wildman–Crippen LogP) is 0.784. The first kappa shape index (κ1) is 12.8. The molecule has 0 saturated heterocycles. The summed E-state index contributed by atoms with van der Waals surface area (Å²) >= 11 is 0. The molecule has 1 unspecified atom stereocenters. The second-order valence-corrected chi connectivity index (χ2v) is 5.31. The van der Waals surface area contributed by atoms with Crippen molar-refractivity contribution in [3.05, 3.63) is 24.3 Å². The van der Waals surface area contributed by atoms with Crippen molar-refractivity contribution in [3.8, 4) is 5.75 Å². The standard InChI is InChI=1S/C10H16N2O3S/c1-8(7-11)15-10-5-3-9(4-6-10)12-16(2,13)14/h3-6,8,12H,7,11H2,1-2H3. The summed E-state index contributed by atoms with van der Waals surface area (Å²) in [4.78, 5) is 0. The third-order valence-electron chi connectivity index (χ3n) is 1.83. The molecule has 0 aliphatic carbocycles. The van der Waals surface area contributed by atoms with Gasteiger partial charge in [0.05, 0.1) is 6.26 Å². The molecule has 0 amide bonds. The number of benzene rings is 1. The van der Waals surface area contributed by atoms with Crippen LogP contribution in [0, 0.1) is 0 Å². The molecule has 0 spiro atoms. The van der Waals surface area contributed by atoms with Crippen molar-refractivity contribution in [2.24, 2.45) is 5.73 Å². The van der Waals surface area contributed by atoms with Crippen molar-refractivity contribution in [3.63, 3.8) is 0 Å². The number of nitrogens with one attached hydrogen (secondary N) is 1. The van der Waals surface area contributed by atoms with Crippen LogP contribution in [0.3, 0.4) is 0 Å². The number of hydrogen-bond donors (Lipinski definition) is 2. The summed E-state index contributed by atoms with van der Waals surface area (Å²) < 4.78 is 29.7. The topological polar surface area (TPSA) is 81.4 Å². The van der Waals surface area contributed by atoms with Crippen LogP contribution in [-0.2, 0) is 10.0 Å². The van der Waals surface area contributed by atoms with Crippen molar-refractivity contribution in [1.82, 2.24) is 0 Å². The molecule has 0 bridgehead atoms. The van der Waals surface area contributed by atoms with Gasteiger partial charge in [0, 0.05) is 12.2 Å². The lowest BCUT2D eigenvalue weighted by Crippen LogP contribution is -2.22. The van der Waals surface area contributed by atoms with E-state index in [1.54, 1.807) is 24.3 Å². The largest absolute Gasteiger partial charge is 0.489 e. The van der Waals surface area contributed by atoms with Crippen LogP contribution in [0.5, 0.6) is 5.75 Å². The van der Waals surface area contributed by atoms with Gasteiger partial charge in [-0.1, -0.05) is 0 Å². The summed E-state index contributed by atoms with van der Waals surface area (Å²) in [7, 11) is -3.23. The van der Waals surface area contributed by atoms with Crippen molar-refractivity contribution < 1.29 is 13.2 Å². The van der Waals surface area contributed by atoms with Crippen molar-refractivity contribution >= 4 is 15.7 Å². The molecule has 90 valence electrons. The van der Waals surface area contributed by atoms with Gasteiger partial charge < -0.3 is 10.5 Å². The molecule has 0 aromatic heterocycles. The molecule has 0 aliphatic rings. The van der Waals surface area contributed by atoms with Gasteiger partial charge in [0.15, 0.2) is 0 Å². The van der Waals surface area contributed by atoms with Gasteiger partial charge in [-0.15, -0.1) is 0 Å². The highest BCUT2D eigenvalue weighted by atomic mass is 32.2. The zero-order valence-electron chi connectivity index (χ0n) is 9.30. The van der Waals surface area contributed by atoms with E-state index in [-0.39, 0.29) is 6.10 Å². The fraction of sp³-hybridized carbons (Fsp3) is 0.400. The van der Waals surface area contributed by atoms with Gasteiger partial charge in [-0.2, -0.15) is 0 Å². The quantitative estimate of drug-likeness (QED) is 0.802. The van der Waals surface area contributed by atoms with E-state index in [9.17, 15) is 8.42 Å². The highest BCUT2D eigenvalue weighted by Crippen LogP contribution is 2.17. The molecule has 0 fully saturated rings. The summed E-state index contributed by atoms with van der Waals surface area (Å²) in [5.74, 6) is 0.664. The number of sulfonamides is 1. The molecule has 6 heteroatoms. The minimum Gasteiger partial charge on any atom is -0.489 e. The highest BCUT2D eigenvalue weighted by molar-refractivity contribution is 7.92. The Labute approximate surface area is 95.7 Å². The second-order valence-electron chi connectivity index (χ2n) is 3.56. The summed E-state index contributed by atoms with van der Waals surface area (Å²) in [6, 6.07) is 6.67. The van der Waals surface area contributed by atoms with Crippen LogP contribution in [0.15, 0.2) is 24.3 Å². The smallest absolute Gasteiger partial charge is 0.229 e. The summed E-state index contributed by atoms with van der Waals surface area (Å²) in [6.07, 6.45) is 1.04. The normalized spacial score (nSPS) is 13.2. The fourth-order valence-corrected chi connectivity index (χ4v) is 1.66. The molecular formula is C10H16N2O3S. The van der Waals surface area contributed by atoms with Crippen LogP contribution in [-0.4, -0.2) is 27.3 Å². The van der Waals surface area contributed by atoms with E-state index in [0.29, 0.717) is 18.0 Å². The molecule has 0 radical (unpaired) electrons. The molecule has 1 aromatic carbocycles. The monoisotopic (exact) mass is 244 g/mol. The molecule has 3 N–H and O–H groups in total. The summed E-state index contributed by atoms with van der Waals surface area (Å²) in [6.45, 7) is 2.30. The van der Waals surface area contributed by atoms with E-state index >= 15 is 0 Å². The third-order valence-corrected chi connectivity index (χ3v) is 2.43. The Morgan fingerprint density at radius 3 is 2.38 bits per heavy atom. The van der Waals surface area contributed by atoms with Gasteiger partial charge in [0.1, 0.15) is 11.9 Å². The van der Waals surface area contributed by atoms with Gasteiger partial charge in [-0.3, -0.25) is 4.72 Å². The first-order valence-corrected chi connectivity index (χ1v) is 6.74. The molecule has 5 nitrogen and oxygen atoms in total. The number of nitrogens with two attached hydrogens (primary N) is 1. The number of hydrogen-bond acceptors (Lipinski definition) is 4. The van der Waals surface area contributed by atoms with Gasteiger partial charge in [-0.05, 0) is 31.2 Å². The molecule has 0 saturated carbocycles. The van der Waals surface area contributed by atoms with Gasteiger partial charge >= 0.3 is 0 Å². The Hall–Kier alpha value is -1.27. The zero-order chi connectivity index (χ0) is 12.2. The van der Waals surface area contributed by atoms with Crippen LogP contribution in [0.2, 0.25) is 0 Å². The van der Waals surface area contributed by atoms with Crippen LogP contribution < -0.4 is 15.2 Å². The van der Waals surface area contributed by atoms with E-state index in [1.165, 1.54) is 0 Å². The van der Waals surface area contributed by atoms with Crippen LogP contribution in [0.4, 0.5) is 5.69 Å². The van der Waals surface area contributed by atoms with Gasteiger partial charge in [0.2, 0.25) is 10.0 Å². The van der Waals surface area contributed by atoms with Crippen LogP contribution in [0.1, 0.15) is 6.92 Å². The van der Waals surface area contributed by atoms with E-state index in [4.69, 9.17) is 10.5 Å². The molecular weight excluding hydrogens is 228 g/mol. The third kappa shape index (κ3) is 4.50. The lowest BCUT2D eigenvalue weighted by molar-refractivity contribution is 0.230. The van der Waals surface area contributed by atoms with Gasteiger partial charge in [0.25, 0.3) is 0 Å². The SMILES string of the molecule is CC(CN)Oc1ccc(NS(C)(=O)=O)cc1. The average molecular weight is 244 g/mol. The zero-order valence-corrected chi connectivity index (χ0v) is 10.1. The Balaban J connectivity index is 2.68. The summed E-state index contributed by atoms with van der Waals surface area (Å²) in [5, 5.41) is 0. The number of ether oxygens (including phenoxy) is 1. The van der Waals surface area contributed by atoms with E-state index < -0.39 is 10.0 Å². The maximum Gasteiger partial charge on any atom is 0.229 e. The van der Waals surface area contributed by atoms with E-state index in [0.717, 1.165) is 6.26 Å². The fourth-order valence-electron chi connectivity index (χ4n) is 1.10. The first-order valence-electron chi connectivity index (χ1n) is 4.85. The Morgan fingerprint density at radius 2 is 1.94 bits per heavy atom. The molecule has 0 heterocycles. The second kappa shape index (κ2) is 5.18. The minimum absolute atomic E-state index is 0.0614. The number of rotatable bonds is 5. The Bertz CT molecular complexity index is 428. The number of anilines is 1. The van der Waals surface area contributed by atoms with E-state index in [1.807, 2.05) is 6.92 Å². The van der Waals surface area contributed by atoms with Gasteiger partial charge in [-0.25, -0.2) is 8.42 Å². The highest BCUT2D eigenvalue weighted by Gasteiger charge is 2.03. The Morgan fingerprint density at radius 1 is 1.38 bits per heavy atom. The summed E-state index contributed by atoms with van der Waals surface area (Å²) in [5.41, 5.74) is 5.93. The molecule has 1 rings (SSSR count). The first-order chi connectivity index (χ1) is 7.40. The van der Waals surface area contributed by atoms with Crippen molar-refractivity contribution in [1.29, 1.82) is 0 Å². The van der Waals surface area contributed by atoms with Crippen molar-refractivity contribution in [2.45, 2.75) is 13.0 Å². The molecule has 1 aromatic rings. The average Bonchev–Trinajstić information content (AvgIpc) is 2.18.